The molecule has 1 aliphatic rings. The lowest BCUT2D eigenvalue weighted by atomic mass is 10.1. The van der Waals surface area contributed by atoms with Crippen LogP contribution < -0.4 is 10.1 Å². The summed E-state index contributed by atoms with van der Waals surface area (Å²) in [5, 5.41) is 16.0. The van der Waals surface area contributed by atoms with Crippen molar-refractivity contribution in [3.63, 3.8) is 0 Å². The number of carbonyl (C=O) groups is 1. The Kier molecular flexibility index (Phi) is 5.33. The minimum Gasteiger partial charge on any atom is -0.484 e. The number of benzene rings is 1. The van der Waals surface area contributed by atoms with Crippen LogP contribution in [-0.2, 0) is 24.8 Å². The Hall–Kier alpha value is -3.16. The molecule has 2 aromatic heterocycles. The molecule has 0 aliphatic carbocycles. The second kappa shape index (κ2) is 8.06. The summed E-state index contributed by atoms with van der Waals surface area (Å²) in [7, 11) is 1.88. The van der Waals surface area contributed by atoms with Crippen molar-refractivity contribution < 1.29 is 9.53 Å². The molecule has 1 N–H and O–H groups in total. The van der Waals surface area contributed by atoms with E-state index in [9.17, 15) is 4.79 Å². The molecule has 1 unspecified atom stereocenters. The molecule has 1 aromatic carbocycles. The number of aryl methyl sites for hydroxylation is 4. The maximum absolute atomic E-state index is 12.4. The van der Waals surface area contributed by atoms with Crippen molar-refractivity contribution in [2.24, 2.45) is 7.05 Å². The van der Waals surface area contributed by atoms with Gasteiger partial charge in [-0.1, -0.05) is 6.07 Å². The highest BCUT2D eigenvalue weighted by molar-refractivity contribution is 5.77. The molecular formula is C21H26N6O2. The fourth-order valence-electron chi connectivity index (χ4n) is 3.60. The second-order valence-electron chi connectivity index (χ2n) is 7.62. The molecule has 1 amide bonds. The summed E-state index contributed by atoms with van der Waals surface area (Å²) in [6, 6.07) is 5.95. The normalized spacial score (nSPS) is 16.2. The quantitative estimate of drug-likeness (QED) is 0.717. The van der Waals surface area contributed by atoms with Crippen molar-refractivity contribution >= 4 is 5.91 Å². The summed E-state index contributed by atoms with van der Waals surface area (Å²) in [5.41, 5.74) is 3.31. The fraction of sp³-hybridized carbons (Fsp3) is 0.429. The van der Waals surface area contributed by atoms with E-state index < -0.39 is 0 Å². The van der Waals surface area contributed by atoms with Crippen LogP contribution in [0.4, 0.5) is 0 Å². The van der Waals surface area contributed by atoms with E-state index in [0.717, 1.165) is 54.3 Å². The van der Waals surface area contributed by atoms with Gasteiger partial charge in [0.2, 0.25) is 0 Å². The van der Waals surface area contributed by atoms with E-state index in [-0.39, 0.29) is 18.6 Å². The molecule has 0 fully saturated rings. The molecule has 0 spiro atoms. The number of nitrogens with zero attached hydrogens (tertiary/aromatic N) is 5. The highest BCUT2D eigenvalue weighted by Gasteiger charge is 2.22. The van der Waals surface area contributed by atoms with Gasteiger partial charge in [-0.05, 0) is 49.9 Å². The Morgan fingerprint density at radius 1 is 1.24 bits per heavy atom. The standard InChI is InChI=1S/C21H26N6O2/c1-14-4-6-18(10-15(14)2)29-13-20(28)23-17-5-7-19-24-25-21(27(19)9-8-17)16-11-22-26(3)12-16/h4,6,10-12,17H,5,7-9,13H2,1-3H3,(H,23,28). The molecule has 1 aliphatic heterocycles. The van der Waals surface area contributed by atoms with Gasteiger partial charge in [0.05, 0.1) is 11.8 Å². The van der Waals surface area contributed by atoms with Crippen LogP contribution in [0.15, 0.2) is 30.6 Å². The smallest absolute Gasteiger partial charge is 0.258 e. The fourth-order valence-corrected chi connectivity index (χ4v) is 3.60. The lowest BCUT2D eigenvalue weighted by molar-refractivity contribution is -0.123. The molecule has 3 aromatic rings. The van der Waals surface area contributed by atoms with E-state index in [1.807, 2.05) is 38.4 Å². The number of nitrogens with one attached hydrogen (secondary N) is 1. The first-order chi connectivity index (χ1) is 14.0. The number of amides is 1. The average molecular weight is 394 g/mol. The summed E-state index contributed by atoms with van der Waals surface area (Å²) in [5.74, 6) is 2.40. The van der Waals surface area contributed by atoms with Crippen LogP contribution in [-0.4, -0.2) is 43.1 Å². The topological polar surface area (TPSA) is 86.9 Å². The van der Waals surface area contributed by atoms with Crippen molar-refractivity contribution in [3.05, 3.63) is 47.5 Å². The van der Waals surface area contributed by atoms with Crippen LogP contribution in [0, 0.1) is 13.8 Å². The summed E-state index contributed by atoms with van der Waals surface area (Å²) in [4.78, 5) is 12.4. The third kappa shape index (κ3) is 4.31. The van der Waals surface area contributed by atoms with Gasteiger partial charge in [-0.25, -0.2) is 0 Å². The lowest BCUT2D eigenvalue weighted by Crippen LogP contribution is -2.38. The van der Waals surface area contributed by atoms with Crippen molar-refractivity contribution in [1.29, 1.82) is 0 Å². The van der Waals surface area contributed by atoms with Gasteiger partial charge in [0.1, 0.15) is 11.6 Å². The predicted molar refractivity (Wildman–Crippen MR) is 109 cm³/mol. The monoisotopic (exact) mass is 394 g/mol. The van der Waals surface area contributed by atoms with E-state index in [4.69, 9.17) is 4.74 Å². The Morgan fingerprint density at radius 2 is 2.10 bits per heavy atom. The average Bonchev–Trinajstić information content (AvgIpc) is 3.25. The first-order valence-corrected chi connectivity index (χ1v) is 9.90. The molecule has 8 nitrogen and oxygen atoms in total. The van der Waals surface area contributed by atoms with Crippen LogP contribution >= 0.6 is 0 Å². The second-order valence-corrected chi connectivity index (χ2v) is 7.62. The van der Waals surface area contributed by atoms with E-state index in [0.29, 0.717) is 0 Å². The van der Waals surface area contributed by atoms with E-state index in [1.165, 1.54) is 5.56 Å². The number of rotatable bonds is 5. The molecule has 1 atom stereocenters. The molecule has 0 saturated heterocycles. The predicted octanol–water partition coefficient (Wildman–Crippen LogP) is 2.20. The number of hydrogen-bond acceptors (Lipinski definition) is 5. The molecule has 4 rings (SSSR count). The third-order valence-electron chi connectivity index (χ3n) is 5.42. The summed E-state index contributed by atoms with van der Waals surface area (Å²) in [6.07, 6.45) is 6.17. The first-order valence-electron chi connectivity index (χ1n) is 9.90. The Bertz CT molecular complexity index is 1020. The van der Waals surface area contributed by atoms with Crippen molar-refractivity contribution in [2.45, 2.75) is 45.7 Å². The molecular weight excluding hydrogens is 368 g/mol. The minimum atomic E-state index is -0.0987. The Balaban J connectivity index is 1.33. The summed E-state index contributed by atoms with van der Waals surface area (Å²) < 4.78 is 9.54. The third-order valence-corrected chi connectivity index (χ3v) is 5.42. The number of ether oxygens (including phenoxy) is 1. The van der Waals surface area contributed by atoms with E-state index in [2.05, 4.69) is 32.1 Å². The van der Waals surface area contributed by atoms with Gasteiger partial charge in [0.15, 0.2) is 12.4 Å². The van der Waals surface area contributed by atoms with E-state index >= 15 is 0 Å². The zero-order valence-corrected chi connectivity index (χ0v) is 17.1. The van der Waals surface area contributed by atoms with Gasteiger partial charge in [-0.2, -0.15) is 5.10 Å². The number of aromatic nitrogens is 5. The molecule has 29 heavy (non-hydrogen) atoms. The first kappa shape index (κ1) is 19.2. The van der Waals surface area contributed by atoms with Crippen LogP contribution in [0.3, 0.4) is 0 Å². The maximum Gasteiger partial charge on any atom is 0.258 e. The van der Waals surface area contributed by atoms with E-state index in [1.54, 1.807) is 10.9 Å². The molecule has 0 radical (unpaired) electrons. The minimum absolute atomic E-state index is 0.0199. The van der Waals surface area contributed by atoms with Crippen LogP contribution in [0.5, 0.6) is 5.75 Å². The lowest BCUT2D eigenvalue weighted by Gasteiger charge is -2.16. The van der Waals surface area contributed by atoms with Gasteiger partial charge < -0.3 is 14.6 Å². The zero-order chi connectivity index (χ0) is 20.4. The van der Waals surface area contributed by atoms with Crippen molar-refractivity contribution in [3.8, 4) is 17.1 Å². The van der Waals surface area contributed by atoms with Gasteiger partial charge >= 0.3 is 0 Å². The van der Waals surface area contributed by atoms with Crippen LogP contribution in [0.1, 0.15) is 29.8 Å². The highest BCUT2D eigenvalue weighted by atomic mass is 16.5. The molecule has 0 bridgehead atoms. The molecule has 3 heterocycles. The number of fused-ring (bicyclic) bond motifs is 1. The molecule has 8 heteroatoms. The number of carbonyl (C=O) groups excluding carboxylic acids is 1. The van der Waals surface area contributed by atoms with Gasteiger partial charge in [0, 0.05) is 32.3 Å². The van der Waals surface area contributed by atoms with Gasteiger partial charge in [0.25, 0.3) is 5.91 Å². The SMILES string of the molecule is Cc1ccc(OCC(=O)NC2CCc3nnc(-c4cnn(C)c4)n3CC2)cc1C. The Morgan fingerprint density at radius 3 is 2.86 bits per heavy atom. The van der Waals surface area contributed by atoms with Crippen molar-refractivity contribution in [1.82, 2.24) is 29.9 Å². The summed E-state index contributed by atoms with van der Waals surface area (Å²) >= 11 is 0. The summed E-state index contributed by atoms with van der Waals surface area (Å²) in [6.45, 7) is 4.87. The highest BCUT2D eigenvalue weighted by Crippen LogP contribution is 2.22. The molecule has 152 valence electrons. The van der Waals surface area contributed by atoms with Crippen LogP contribution in [0.25, 0.3) is 11.4 Å². The van der Waals surface area contributed by atoms with Crippen LogP contribution in [0.2, 0.25) is 0 Å². The van der Waals surface area contributed by atoms with Crippen molar-refractivity contribution in [2.75, 3.05) is 6.61 Å². The molecule has 0 saturated carbocycles. The zero-order valence-electron chi connectivity index (χ0n) is 17.1. The van der Waals surface area contributed by atoms with Gasteiger partial charge in [-0.15, -0.1) is 10.2 Å². The Labute approximate surface area is 169 Å². The van der Waals surface area contributed by atoms with Gasteiger partial charge in [-0.3, -0.25) is 9.48 Å². The number of hydrogen-bond donors (Lipinski definition) is 1. The largest absolute Gasteiger partial charge is 0.484 e. The maximum atomic E-state index is 12.4.